The lowest BCUT2D eigenvalue weighted by Gasteiger charge is -2.36. The van der Waals surface area contributed by atoms with Crippen molar-refractivity contribution >= 4 is 51.1 Å². The van der Waals surface area contributed by atoms with Crippen molar-refractivity contribution in [2.45, 2.75) is 86.2 Å². The summed E-state index contributed by atoms with van der Waals surface area (Å²) >= 11 is 5.45. The van der Waals surface area contributed by atoms with Gasteiger partial charge >= 0.3 is 0 Å². The molecule has 8 nitrogen and oxygen atoms in total. The van der Waals surface area contributed by atoms with E-state index in [9.17, 15) is 14.4 Å². The SMILES string of the molecule is CCOc1ccc(NC(=O)[C@H]2[C@@H]3SC4(CC3Br)C(C(=O)NC(C)(C)C)N(CCCCCCO)C(=O)[C@H]24)cc1. The molecule has 0 saturated carbocycles. The molecular weight excluding hydrogens is 570 g/mol. The molecule has 1 spiro atoms. The number of nitrogens with one attached hydrogen (secondary N) is 2. The summed E-state index contributed by atoms with van der Waals surface area (Å²) < 4.78 is 4.85. The van der Waals surface area contributed by atoms with Crippen molar-refractivity contribution in [1.82, 2.24) is 10.2 Å². The Bertz CT molecular complexity index is 1030. The van der Waals surface area contributed by atoms with Crippen LogP contribution in [0, 0.1) is 11.8 Å². The number of nitrogens with zero attached hydrogens (tertiary/aromatic N) is 1. The zero-order valence-corrected chi connectivity index (χ0v) is 25.1. The molecule has 3 amide bonds. The fourth-order valence-electron chi connectivity index (χ4n) is 6.18. The number of rotatable bonds is 11. The number of alkyl halides is 1. The van der Waals surface area contributed by atoms with Gasteiger partial charge in [-0.25, -0.2) is 0 Å². The highest BCUT2D eigenvalue weighted by atomic mass is 79.9. The molecule has 0 aliphatic carbocycles. The number of hydrogen-bond acceptors (Lipinski definition) is 6. The Labute approximate surface area is 238 Å². The van der Waals surface area contributed by atoms with E-state index in [0.717, 1.165) is 31.4 Å². The molecule has 3 N–H and O–H groups in total. The molecule has 10 heteroatoms. The van der Waals surface area contributed by atoms with Gasteiger partial charge in [-0.05, 0) is 71.2 Å². The van der Waals surface area contributed by atoms with Crippen molar-refractivity contribution in [2.75, 3.05) is 25.1 Å². The van der Waals surface area contributed by atoms with E-state index in [0.29, 0.717) is 25.3 Å². The van der Waals surface area contributed by atoms with Gasteiger partial charge in [0.2, 0.25) is 17.7 Å². The van der Waals surface area contributed by atoms with Crippen molar-refractivity contribution < 1.29 is 24.2 Å². The molecule has 3 unspecified atom stereocenters. The van der Waals surface area contributed by atoms with E-state index in [4.69, 9.17) is 9.84 Å². The molecule has 1 aromatic rings. The lowest BCUT2D eigenvalue weighted by molar-refractivity contribution is -0.139. The number of thioether (sulfide) groups is 1. The van der Waals surface area contributed by atoms with Crippen LogP contribution in [0.4, 0.5) is 5.69 Å². The van der Waals surface area contributed by atoms with E-state index in [1.165, 1.54) is 0 Å². The minimum Gasteiger partial charge on any atom is -0.494 e. The van der Waals surface area contributed by atoms with Gasteiger partial charge in [0.25, 0.3) is 0 Å². The van der Waals surface area contributed by atoms with Crippen LogP contribution in [0.1, 0.15) is 59.8 Å². The number of unbranched alkanes of at least 4 members (excludes halogenated alkanes) is 3. The van der Waals surface area contributed by atoms with Crippen molar-refractivity contribution in [1.29, 1.82) is 0 Å². The van der Waals surface area contributed by atoms with Gasteiger partial charge in [0.1, 0.15) is 11.8 Å². The van der Waals surface area contributed by atoms with Crippen LogP contribution in [-0.4, -0.2) is 73.9 Å². The minimum absolute atomic E-state index is 0.0297. The summed E-state index contributed by atoms with van der Waals surface area (Å²) in [5.41, 5.74) is 0.209. The van der Waals surface area contributed by atoms with Gasteiger partial charge in [-0.1, -0.05) is 28.8 Å². The van der Waals surface area contributed by atoms with Crippen LogP contribution in [0.15, 0.2) is 24.3 Å². The van der Waals surface area contributed by atoms with Crippen LogP contribution in [0.3, 0.4) is 0 Å². The zero-order valence-electron chi connectivity index (χ0n) is 22.7. The molecule has 3 aliphatic heterocycles. The average Bonchev–Trinajstić information content (AvgIpc) is 3.42. The van der Waals surface area contributed by atoms with Crippen molar-refractivity contribution in [2.24, 2.45) is 11.8 Å². The number of fused-ring (bicyclic) bond motifs is 1. The van der Waals surface area contributed by atoms with Gasteiger partial charge in [0, 0.05) is 34.5 Å². The number of aliphatic hydroxyl groups excluding tert-OH is 1. The van der Waals surface area contributed by atoms with Crippen LogP contribution >= 0.6 is 27.7 Å². The molecule has 3 fully saturated rings. The van der Waals surface area contributed by atoms with Crippen LogP contribution in [0.2, 0.25) is 0 Å². The second-order valence-electron chi connectivity index (χ2n) is 11.5. The smallest absolute Gasteiger partial charge is 0.244 e. The molecule has 4 rings (SSSR count). The van der Waals surface area contributed by atoms with E-state index < -0.39 is 28.2 Å². The molecule has 210 valence electrons. The second-order valence-corrected chi connectivity index (χ2v) is 14.2. The highest BCUT2D eigenvalue weighted by Crippen LogP contribution is 2.67. The van der Waals surface area contributed by atoms with Gasteiger partial charge in [-0.2, -0.15) is 0 Å². The van der Waals surface area contributed by atoms with Gasteiger partial charge < -0.3 is 25.4 Å². The summed E-state index contributed by atoms with van der Waals surface area (Å²) in [6.45, 7) is 8.92. The Morgan fingerprint density at radius 2 is 1.84 bits per heavy atom. The maximum atomic E-state index is 14.0. The molecule has 0 aromatic heterocycles. The Hall–Kier alpha value is -1.78. The number of halogens is 1. The van der Waals surface area contributed by atoms with E-state index >= 15 is 0 Å². The molecule has 1 aromatic carbocycles. The molecule has 3 aliphatic rings. The van der Waals surface area contributed by atoms with E-state index in [-0.39, 0.29) is 34.4 Å². The fraction of sp³-hybridized carbons (Fsp3) is 0.679. The highest BCUT2D eigenvalue weighted by molar-refractivity contribution is 9.09. The summed E-state index contributed by atoms with van der Waals surface area (Å²) in [6, 6.07) is 6.61. The molecule has 0 radical (unpaired) electrons. The summed E-state index contributed by atoms with van der Waals surface area (Å²) in [5, 5.41) is 15.2. The summed E-state index contributed by atoms with van der Waals surface area (Å²) in [7, 11) is 0. The lowest BCUT2D eigenvalue weighted by atomic mass is 9.70. The van der Waals surface area contributed by atoms with Gasteiger partial charge in [0.15, 0.2) is 0 Å². The Morgan fingerprint density at radius 3 is 2.47 bits per heavy atom. The molecule has 6 atom stereocenters. The van der Waals surface area contributed by atoms with Gasteiger partial charge in [0.05, 0.1) is 23.2 Å². The summed E-state index contributed by atoms with van der Waals surface area (Å²) in [6.07, 6.45) is 3.88. The first kappa shape index (κ1) is 29.2. The number of amides is 3. The Balaban J connectivity index is 1.60. The van der Waals surface area contributed by atoms with E-state index in [2.05, 4.69) is 26.6 Å². The predicted molar refractivity (Wildman–Crippen MR) is 154 cm³/mol. The highest BCUT2D eigenvalue weighted by Gasteiger charge is 2.75. The average molecular weight is 611 g/mol. The molecule has 38 heavy (non-hydrogen) atoms. The van der Waals surface area contributed by atoms with Crippen LogP contribution in [-0.2, 0) is 14.4 Å². The number of carbonyl (C=O) groups is 3. The molecular formula is C28H40BrN3O5S. The minimum atomic E-state index is -0.656. The topological polar surface area (TPSA) is 108 Å². The summed E-state index contributed by atoms with van der Waals surface area (Å²) in [5.74, 6) is -0.792. The first-order valence-corrected chi connectivity index (χ1v) is 15.4. The first-order valence-electron chi connectivity index (χ1n) is 13.6. The summed E-state index contributed by atoms with van der Waals surface area (Å²) in [4.78, 5) is 43.3. The maximum absolute atomic E-state index is 14.0. The lowest BCUT2D eigenvalue weighted by Crippen LogP contribution is -2.57. The quantitative estimate of drug-likeness (QED) is 0.259. The normalized spacial score (nSPS) is 29.9. The number of aliphatic hydroxyl groups is 1. The standard InChI is InChI=1S/C28H40BrN3O5S/c1-5-37-18-12-10-17(11-13-18)30-24(34)20-21-26(36)32(14-8-6-7-9-15-33)23(25(35)31-27(2,3)4)28(21)16-19(29)22(20)38-28/h10-13,19-23,33H,5-9,14-16H2,1-4H3,(H,30,34)(H,31,35)/t19?,20-,21+,22-,23?,28?/m1/s1. The Morgan fingerprint density at radius 1 is 1.16 bits per heavy atom. The number of ether oxygens (including phenoxy) is 1. The number of carbonyl (C=O) groups excluding carboxylic acids is 3. The monoisotopic (exact) mass is 609 g/mol. The van der Waals surface area contributed by atoms with Crippen molar-refractivity contribution in [3.8, 4) is 5.75 Å². The fourth-order valence-corrected chi connectivity index (χ4v) is 9.80. The zero-order chi connectivity index (χ0) is 27.7. The third-order valence-electron chi connectivity index (χ3n) is 7.58. The van der Waals surface area contributed by atoms with Crippen molar-refractivity contribution in [3.63, 3.8) is 0 Å². The third-order valence-corrected chi connectivity index (χ3v) is 10.8. The van der Waals surface area contributed by atoms with Gasteiger partial charge in [-0.15, -0.1) is 11.8 Å². The number of anilines is 1. The number of hydrogen-bond donors (Lipinski definition) is 3. The molecule has 2 bridgehead atoms. The van der Waals surface area contributed by atoms with Crippen LogP contribution in [0.25, 0.3) is 0 Å². The van der Waals surface area contributed by atoms with E-state index in [1.807, 2.05) is 39.8 Å². The van der Waals surface area contributed by atoms with Crippen molar-refractivity contribution in [3.05, 3.63) is 24.3 Å². The largest absolute Gasteiger partial charge is 0.494 e. The number of benzene rings is 1. The van der Waals surface area contributed by atoms with E-state index in [1.54, 1.807) is 28.8 Å². The van der Waals surface area contributed by atoms with Gasteiger partial charge in [-0.3, -0.25) is 14.4 Å². The molecule has 3 saturated heterocycles. The predicted octanol–water partition coefficient (Wildman–Crippen LogP) is 3.96. The first-order chi connectivity index (χ1) is 18.0. The van der Waals surface area contributed by atoms with Crippen LogP contribution < -0.4 is 15.4 Å². The third kappa shape index (κ3) is 5.72. The number of likely N-dealkylation sites (tertiary alicyclic amines) is 1. The van der Waals surface area contributed by atoms with Crippen LogP contribution in [0.5, 0.6) is 5.75 Å². The Kier molecular flexibility index (Phi) is 9.04. The second kappa shape index (κ2) is 11.8. The molecule has 3 heterocycles. The maximum Gasteiger partial charge on any atom is 0.244 e.